The third-order valence-electron chi connectivity index (χ3n) is 2.79. The first-order valence-corrected chi connectivity index (χ1v) is 7.63. The number of hydrogen-bond donors (Lipinski definition) is 2. The number of hydrogen-bond acceptors (Lipinski definition) is 5. The highest BCUT2D eigenvalue weighted by molar-refractivity contribution is 5.67. The number of alkyl carbamates (subject to hydrolysis) is 1. The molecule has 124 valence electrons. The smallest absolute Gasteiger partial charge is 0.407 e. The highest BCUT2D eigenvalue weighted by Crippen LogP contribution is 2.00. The Morgan fingerprint density at radius 2 is 1.68 bits per heavy atom. The Bertz CT molecular complexity index is 387. The zero-order valence-corrected chi connectivity index (χ0v) is 13.0. The number of nitrogens with two attached hydrogens (primary N) is 1. The van der Waals surface area contributed by atoms with Crippen molar-refractivity contribution in [2.45, 2.75) is 19.4 Å². The molecule has 1 amide bonds. The van der Waals surface area contributed by atoms with Gasteiger partial charge in [-0.2, -0.15) is 0 Å². The molecule has 0 unspecified atom stereocenters. The van der Waals surface area contributed by atoms with Gasteiger partial charge in [-0.15, -0.1) is 0 Å². The Morgan fingerprint density at radius 1 is 1.00 bits per heavy atom. The molecular weight excluding hydrogens is 284 g/mol. The quantitative estimate of drug-likeness (QED) is 0.574. The second-order valence-electron chi connectivity index (χ2n) is 4.71. The highest BCUT2D eigenvalue weighted by Gasteiger charge is 2.01. The van der Waals surface area contributed by atoms with Crippen LogP contribution in [0.25, 0.3) is 0 Å². The van der Waals surface area contributed by atoms with Gasteiger partial charge >= 0.3 is 6.09 Å². The number of rotatable bonds is 12. The third-order valence-corrected chi connectivity index (χ3v) is 2.79. The Morgan fingerprint density at radius 3 is 2.41 bits per heavy atom. The number of ether oxygens (including phenoxy) is 3. The minimum atomic E-state index is -0.404. The molecule has 3 N–H and O–H groups in total. The molecule has 6 nitrogen and oxygen atoms in total. The number of carbonyl (C=O) groups excluding carboxylic acids is 1. The van der Waals surface area contributed by atoms with E-state index in [2.05, 4.69) is 5.32 Å². The molecule has 0 fully saturated rings. The van der Waals surface area contributed by atoms with Crippen LogP contribution in [0.2, 0.25) is 0 Å². The van der Waals surface area contributed by atoms with E-state index in [-0.39, 0.29) is 6.61 Å². The van der Waals surface area contributed by atoms with E-state index < -0.39 is 6.09 Å². The first-order chi connectivity index (χ1) is 10.8. The summed E-state index contributed by atoms with van der Waals surface area (Å²) in [6.45, 7) is 3.89. The molecule has 6 heteroatoms. The van der Waals surface area contributed by atoms with Crippen LogP contribution in [0.3, 0.4) is 0 Å². The summed E-state index contributed by atoms with van der Waals surface area (Å²) in [6.07, 6.45) is 1.20. The first-order valence-electron chi connectivity index (χ1n) is 7.63. The topological polar surface area (TPSA) is 82.8 Å². The Labute approximate surface area is 131 Å². The summed E-state index contributed by atoms with van der Waals surface area (Å²) in [5.74, 6) is 0. The van der Waals surface area contributed by atoms with Crippen molar-refractivity contribution in [2.24, 2.45) is 5.73 Å². The third kappa shape index (κ3) is 10.1. The van der Waals surface area contributed by atoms with Crippen molar-refractivity contribution in [3.8, 4) is 0 Å². The van der Waals surface area contributed by atoms with Crippen LogP contribution in [0.15, 0.2) is 30.3 Å². The fourth-order valence-electron chi connectivity index (χ4n) is 1.69. The fourth-order valence-corrected chi connectivity index (χ4v) is 1.69. The molecular formula is C16H26N2O4. The van der Waals surface area contributed by atoms with Crippen LogP contribution in [-0.2, 0) is 20.8 Å². The van der Waals surface area contributed by atoms with E-state index in [0.717, 1.165) is 18.4 Å². The van der Waals surface area contributed by atoms with Crippen molar-refractivity contribution >= 4 is 6.09 Å². The number of amides is 1. The van der Waals surface area contributed by atoms with Gasteiger partial charge in [0.1, 0.15) is 6.61 Å². The molecule has 0 aliphatic carbocycles. The van der Waals surface area contributed by atoms with Crippen LogP contribution in [0.4, 0.5) is 4.79 Å². The van der Waals surface area contributed by atoms with Crippen LogP contribution in [0.1, 0.15) is 18.4 Å². The number of carbonyl (C=O) groups is 1. The van der Waals surface area contributed by atoms with Crippen molar-refractivity contribution in [3.63, 3.8) is 0 Å². The van der Waals surface area contributed by atoms with Gasteiger partial charge in [-0.3, -0.25) is 0 Å². The summed E-state index contributed by atoms with van der Waals surface area (Å²) >= 11 is 0. The van der Waals surface area contributed by atoms with Gasteiger partial charge in [-0.05, 0) is 18.4 Å². The molecule has 0 heterocycles. The van der Waals surface area contributed by atoms with Gasteiger partial charge < -0.3 is 25.3 Å². The Kier molecular flexibility index (Phi) is 10.9. The van der Waals surface area contributed by atoms with Crippen LogP contribution in [-0.4, -0.2) is 45.6 Å². The predicted octanol–water partition coefficient (Wildman–Crippen LogP) is 1.68. The maximum Gasteiger partial charge on any atom is 0.407 e. The summed E-state index contributed by atoms with van der Waals surface area (Å²) in [7, 11) is 0. The van der Waals surface area contributed by atoms with Crippen LogP contribution in [0, 0.1) is 0 Å². The van der Waals surface area contributed by atoms with Gasteiger partial charge in [-0.1, -0.05) is 30.3 Å². The van der Waals surface area contributed by atoms with Crippen molar-refractivity contribution in [1.82, 2.24) is 5.32 Å². The molecule has 0 radical (unpaired) electrons. The predicted molar refractivity (Wildman–Crippen MR) is 84.6 cm³/mol. The average Bonchev–Trinajstić information content (AvgIpc) is 2.55. The standard InChI is InChI=1S/C16H26N2O4/c17-8-13-21-12-5-11-20-10-4-9-18-16(19)22-14-15-6-2-1-3-7-15/h1-3,6-7H,4-5,8-14,17H2,(H,18,19). The van der Waals surface area contributed by atoms with Gasteiger partial charge in [0.15, 0.2) is 0 Å². The van der Waals surface area contributed by atoms with Crippen molar-refractivity contribution in [3.05, 3.63) is 35.9 Å². The van der Waals surface area contributed by atoms with Crippen LogP contribution < -0.4 is 11.1 Å². The summed E-state index contributed by atoms with van der Waals surface area (Å²) < 4.78 is 15.7. The van der Waals surface area contributed by atoms with Gasteiger partial charge in [0, 0.05) is 32.9 Å². The normalized spacial score (nSPS) is 10.4. The van der Waals surface area contributed by atoms with Crippen LogP contribution in [0.5, 0.6) is 0 Å². The van der Waals surface area contributed by atoms with Gasteiger partial charge in [0.25, 0.3) is 0 Å². The summed E-state index contributed by atoms with van der Waals surface area (Å²) in [5, 5.41) is 2.69. The summed E-state index contributed by atoms with van der Waals surface area (Å²) in [4.78, 5) is 11.5. The first kappa shape index (κ1) is 18.4. The molecule has 0 saturated heterocycles. The minimum absolute atomic E-state index is 0.284. The molecule has 0 atom stereocenters. The van der Waals surface area contributed by atoms with Gasteiger partial charge in [-0.25, -0.2) is 4.79 Å². The zero-order valence-electron chi connectivity index (χ0n) is 13.0. The fraction of sp³-hybridized carbons (Fsp3) is 0.562. The molecule has 0 aliphatic heterocycles. The lowest BCUT2D eigenvalue weighted by Crippen LogP contribution is -2.26. The SMILES string of the molecule is NCCOCCCOCCCNC(=O)OCc1ccccc1. The lowest BCUT2D eigenvalue weighted by Gasteiger charge is -2.08. The van der Waals surface area contributed by atoms with Crippen LogP contribution >= 0.6 is 0 Å². The monoisotopic (exact) mass is 310 g/mol. The second kappa shape index (κ2) is 13.1. The molecule has 1 aromatic carbocycles. The Balaban J connectivity index is 1.87. The molecule has 0 saturated carbocycles. The van der Waals surface area contributed by atoms with E-state index in [1.54, 1.807) is 0 Å². The van der Waals surface area contributed by atoms with Crippen molar-refractivity contribution in [1.29, 1.82) is 0 Å². The van der Waals surface area contributed by atoms with E-state index in [0.29, 0.717) is 39.5 Å². The van der Waals surface area contributed by atoms with E-state index in [4.69, 9.17) is 19.9 Å². The largest absolute Gasteiger partial charge is 0.445 e. The molecule has 1 aromatic rings. The summed E-state index contributed by atoms with van der Waals surface area (Å²) in [6, 6.07) is 9.58. The van der Waals surface area contributed by atoms with Crippen molar-refractivity contribution in [2.75, 3.05) is 39.5 Å². The summed E-state index contributed by atoms with van der Waals surface area (Å²) in [5.41, 5.74) is 6.27. The van der Waals surface area contributed by atoms with E-state index >= 15 is 0 Å². The maximum atomic E-state index is 11.5. The lowest BCUT2D eigenvalue weighted by atomic mass is 10.2. The molecule has 22 heavy (non-hydrogen) atoms. The van der Waals surface area contributed by atoms with E-state index in [1.165, 1.54) is 0 Å². The molecule has 0 spiro atoms. The van der Waals surface area contributed by atoms with Gasteiger partial charge in [0.05, 0.1) is 6.61 Å². The molecule has 0 aliphatic rings. The lowest BCUT2D eigenvalue weighted by molar-refractivity contribution is 0.0843. The van der Waals surface area contributed by atoms with E-state index in [9.17, 15) is 4.79 Å². The molecule has 0 aromatic heterocycles. The number of benzene rings is 1. The Hall–Kier alpha value is -1.63. The van der Waals surface area contributed by atoms with Gasteiger partial charge in [0.2, 0.25) is 0 Å². The van der Waals surface area contributed by atoms with Crippen molar-refractivity contribution < 1.29 is 19.0 Å². The highest BCUT2D eigenvalue weighted by atomic mass is 16.5. The second-order valence-corrected chi connectivity index (χ2v) is 4.71. The average molecular weight is 310 g/mol. The maximum absolute atomic E-state index is 11.5. The zero-order chi connectivity index (χ0) is 15.9. The molecule has 1 rings (SSSR count). The van der Waals surface area contributed by atoms with E-state index in [1.807, 2.05) is 30.3 Å². The molecule has 0 bridgehead atoms. The minimum Gasteiger partial charge on any atom is -0.445 e. The number of nitrogens with one attached hydrogen (secondary N) is 1.